The van der Waals surface area contributed by atoms with Crippen LogP contribution in [-0.4, -0.2) is 31.6 Å². The van der Waals surface area contributed by atoms with Gasteiger partial charge < -0.3 is 10.2 Å². The van der Waals surface area contributed by atoms with E-state index in [4.69, 9.17) is 0 Å². The molecule has 0 aliphatic carbocycles. The summed E-state index contributed by atoms with van der Waals surface area (Å²) in [6, 6.07) is 9.40. The summed E-state index contributed by atoms with van der Waals surface area (Å²) in [4.78, 5) is 2.48. The van der Waals surface area contributed by atoms with E-state index < -0.39 is 0 Å². The maximum absolute atomic E-state index is 3.69. The molecule has 2 atom stereocenters. The molecule has 0 bridgehead atoms. The minimum absolute atomic E-state index is 0.206. The van der Waals surface area contributed by atoms with Crippen LogP contribution in [0.1, 0.15) is 56.1 Å². The molecule has 1 N–H and O–H groups in total. The predicted octanol–water partition coefficient (Wildman–Crippen LogP) is 3.48. The van der Waals surface area contributed by atoms with Crippen LogP contribution >= 0.6 is 0 Å². The van der Waals surface area contributed by atoms with Crippen LogP contribution in [0, 0.1) is 0 Å². The van der Waals surface area contributed by atoms with Crippen LogP contribution in [0.5, 0.6) is 0 Å². The van der Waals surface area contributed by atoms with E-state index in [-0.39, 0.29) is 5.54 Å². The van der Waals surface area contributed by atoms with Crippen LogP contribution in [0.25, 0.3) is 0 Å². The summed E-state index contributed by atoms with van der Waals surface area (Å²) in [6.45, 7) is 6.02. The lowest BCUT2D eigenvalue weighted by Crippen LogP contribution is -2.33. The molecule has 2 unspecified atom stereocenters. The standard InChI is InChI=1S/C18H28N2/c1-18(10-5-11-19-18)17-8-3-6-16(14-17)15-7-4-12-20(2)13-9-15/h3,6,8,14-15,19H,4-5,7,9-13H2,1-2H3. The van der Waals surface area contributed by atoms with Gasteiger partial charge in [-0.15, -0.1) is 0 Å². The molecule has 2 heterocycles. The normalized spacial score (nSPS) is 32.2. The molecule has 2 nitrogen and oxygen atoms in total. The molecule has 110 valence electrons. The van der Waals surface area contributed by atoms with E-state index in [0.29, 0.717) is 0 Å². The van der Waals surface area contributed by atoms with Crippen molar-refractivity contribution in [1.29, 1.82) is 0 Å². The van der Waals surface area contributed by atoms with Gasteiger partial charge in [0, 0.05) is 5.54 Å². The monoisotopic (exact) mass is 272 g/mol. The number of likely N-dealkylation sites (tertiary alicyclic amines) is 1. The maximum atomic E-state index is 3.69. The lowest BCUT2D eigenvalue weighted by Gasteiger charge is -2.26. The Hall–Kier alpha value is -0.860. The van der Waals surface area contributed by atoms with E-state index >= 15 is 0 Å². The van der Waals surface area contributed by atoms with Crippen molar-refractivity contribution in [2.75, 3.05) is 26.7 Å². The van der Waals surface area contributed by atoms with Gasteiger partial charge in [-0.25, -0.2) is 0 Å². The average molecular weight is 272 g/mol. The van der Waals surface area contributed by atoms with Gasteiger partial charge in [0.25, 0.3) is 0 Å². The second-order valence-electron chi connectivity index (χ2n) is 6.92. The van der Waals surface area contributed by atoms with Crippen molar-refractivity contribution >= 4 is 0 Å². The summed E-state index contributed by atoms with van der Waals surface area (Å²) in [5.41, 5.74) is 3.26. The Balaban J connectivity index is 1.80. The van der Waals surface area contributed by atoms with Gasteiger partial charge in [-0.1, -0.05) is 24.3 Å². The Kier molecular flexibility index (Phi) is 4.13. The van der Waals surface area contributed by atoms with Gasteiger partial charge >= 0.3 is 0 Å². The SMILES string of the molecule is CN1CCCC(c2cccc(C3(C)CCCN3)c2)CC1. The van der Waals surface area contributed by atoms with Gasteiger partial charge in [-0.3, -0.25) is 0 Å². The molecule has 20 heavy (non-hydrogen) atoms. The summed E-state index contributed by atoms with van der Waals surface area (Å²) in [6.07, 6.45) is 6.56. The molecule has 0 aromatic heterocycles. The largest absolute Gasteiger partial charge is 0.308 e. The number of rotatable bonds is 2. The zero-order valence-electron chi connectivity index (χ0n) is 13.0. The lowest BCUT2D eigenvalue weighted by molar-refractivity contribution is 0.347. The Morgan fingerprint density at radius 3 is 2.90 bits per heavy atom. The molecule has 0 radical (unpaired) electrons. The summed E-state index contributed by atoms with van der Waals surface area (Å²) >= 11 is 0. The number of hydrogen-bond acceptors (Lipinski definition) is 2. The predicted molar refractivity (Wildman–Crippen MR) is 85.1 cm³/mol. The topological polar surface area (TPSA) is 15.3 Å². The number of hydrogen-bond donors (Lipinski definition) is 1. The fraction of sp³-hybridized carbons (Fsp3) is 0.667. The van der Waals surface area contributed by atoms with Gasteiger partial charge in [-0.05, 0) is 82.8 Å². The average Bonchev–Trinajstić information content (AvgIpc) is 2.79. The summed E-state index contributed by atoms with van der Waals surface area (Å²) in [7, 11) is 2.25. The molecular weight excluding hydrogens is 244 g/mol. The lowest BCUT2D eigenvalue weighted by atomic mass is 9.85. The summed E-state index contributed by atoms with van der Waals surface area (Å²) in [5.74, 6) is 0.755. The minimum atomic E-state index is 0.206. The van der Waals surface area contributed by atoms with Crippen LogP contribution < -0.4 is 5.32 Å². The smallest absolute Gasteiger partial charge is 0.0406 e. The molecule has 0 saturated carbocycles. The number of nitrogens with one attached hydrogen (secondary N) is 1. The van der Waals surface area contributed by atoms with Crippen molar-refractivity contribution in [3.05, 3.63) is 35.4 Å². The molecule has 2 saturated heterocycles. The third kappa shape index (κ3) is 2.91. The Morgan fingerprint density at radius 1 is 1.20 bits per heavy atom. The molecule has 3 rings (SSSR count). The highest BCUT2D eigenvalue weighted by atomic mass is 15.1. The molecule has 1 aromatic rings. The second kappa shape index (κ2) is 5.87. The van der Waals surface area contributed by atoms with E-state index in [1.165, 1.54) is 50.8 Å². The maximum Gasteiger partial charge on any atom is 0.0406 e. The number of nitrogens with zero attached hydrogens (tertiary/aromatic N) is 1. The summed E-state index contributed by atoms with van der Waals surface area (Å²) < 4.78 is 0. The molecule has 2 fully saturated rings. The van der Waals surface area contributed by atoms with Crippen molar-refractivity contribution < 1.29 is 0 Å². The highest BCUT2D eigenvalue weighted by Crippen LogP contribution is 2.34. The van der Waals surface area contributed by atoms with Crippen molar-refractivity contribution in [3.63, 3.8) is 0 Å². The third-order valence-electron chi connectivity index (χ3n) is 5.32. The molecule has 2 aliphatic rings. The highest BCUT2D eigenvalue weighted by Gasteiger charge is 2.30. The van der Waals surface area contributed by atoms with Gasteiger partial charge in [0.1, 0.15) is 0 Å². The Bertz CT molecular complexity index is 448. The van der Waals surface area contributed by atoms with E-state index in [1.807, 2.05) is 0 Å². The summed E-state index contributed by atoms with van der Waals surface area (Å²) in [5, 5.41) is 3.69. The fourth-order valence-electron chi connectivity index (χ4n) is 3.85. The van der Waals surface area contributed by atoms with Crippen LogP contribution in [-0.2, 0) is 5.54 Å². The quantitative estimate of drug-likeness (QED) is 0.886. The van der Waals surface area contributed by atoms with Crippen LogP contribution in [0.2, 0.25) is 0 Å². The van der Waals surface area contributed by atoms with Crippen LogP contribution in [0.4, 0.5) is 0 Å². The second-order valence-corrected chi connectivity index (χ2v) is 6.92. The van der Waals surface area contributed by atoms with Crippen molar-refractivity contribution in [2.24, 2.45) is 0 Å². The number of benzene rings is 1. The van der Waals surface area contributed by atoms with Crippen molar-refractivity contribution in [1.82, 2.24) is 10.2 Å². The first-order valence-electron chi connectivity index (χ1n) is 8.21. The van der Waals surface area contributed by atoms with Crippen molar-refractivity contribution in [2.45, 2.75) is 50.5 Å². The Labute approximate surface area is 123 Å². The molecule has 2 aliphatic heterocycles. The zero-order valence-corrected chi connectivity index (χ0v) is 13.0. The van der Waals surface area contributed by atoms with Gasteiger partial charge in [0.15, 0.2) is 0 Å². The molecular formula is C18H28N2. The molecule has 0 amide bonds. The van der Waals surface area contributed by atoms with Gasteiger partial charge in [0.2, 0.25) is 0 Å². The minimum Gasteiger partial charge on any atom is -0.308 e. The van der Waals surface area contributed by atoms with E-state index in [2.05, 4.69) is 48.5 Å². The van der Waals surface area contributed by atoms with Gasteiger partial charge in [-0.2, -0.15) is 0 Å². The fourth-order valence-corrected chi connectivity index (χ4v) is 3.85. The van der Waals surface area contributed by atoms with Crippen LogP contribution in [0.15, 0.2) is 24.3 Å². The molecule has 0 spiro atoms. The van der Waals surface area contributed by atoms with Crippen molar-refractivity contribution in [3.8, 4) is 0 Å². The highest BCUT2D eigenvalue weighted by molar-refractivity contribution is 5.32. The first-order valence-corrected chi connectivity index (χ1v) is 8.21. The molecule has 1 aromatic carbocycles. The zero-order chi connectivity index (χ0) is 14.0. The van der Waals surface area contributed by atoms with Crippen LogP contribution in [0.3, 0.4) is 0 Å². The first kappa shape index (κ1) is 14.1. The van der Waals surface area contributed by atoms with E-state index in [0.717, 1.165) is 12.5 Å². The molecule has 2 heteroatoms. The van der Waals surface area contributed by atoms with E-state index in [9.17, 15) is 0 Å². The van der Waals surface area contributed by atoms with Gasteiger partial charge in [0.05, 0.1) is 0 Å². The first-order chi connectivity index (χ1) is 9.67. The van der Waals surface area contributed by atoms with E-state index in [1.54, 1.807) is 5.56 Å². The third-order valence-corrected chi connectivity index (χ3v) is 5.32. The Morgan fingerprint density at radius 2 is 2.10 bits per heavy atom.